The van der Waals surface area contributed by atoms with E-state index in [1.807, 2.05) is 0 Å². The smallest absolute Gasteiger partial charge is 0.0607 e. The minimum atomic E-state index is 0.490. The SMILES string of the molecule is BrCCCCCCCCCCBr.Clc1ccc(Cl)c(Cl)c1. The summed E-state index contributed by atoms with van der Waals surface area (Å²) in [4.78, 5) is 0. The molecule has 0 fully saturated rings. The molecule has 0 spiro atoms. The molecule has 122 valence electrons. The van der Waals surface area contributed by atoms with Gasteiger partial charge in [0.2, 0.25) is 0 Å². The standard InChI is InChI=1S/C10H20Br2.C6H3Cl3/c11-9-7-5-3-1-2-4-6-8-10-12;7-4-1-2-5(8)6(9)3-4/h1-10H2;1-3H. The maximum Gasteiger partial charge on any atom is 0.0607 e. The molecule has 21 heavy (non-hydrogen) atoms. The van der Waals surface area contributed by atoms with E-state index >= 15 is 0 Å². The Balaban J connectivity index is 0.000000394. The lowest BCUT2D eigenvalue weighted by Crippen LogP contribution is -1.81. The minimum Gasteiger partial charge on any atom is -0.0928 e. The van der Waals surface area contributed by atoms with Crippen LogP contribution in [-0.2, 0) is 0 Å². The highest BCUT2D eigenvalue weighted by Gasteiger charge is 1.95. The Hall–Kier alpha value is 1.05. The Morgan fingerprint density at radius 3 is 1.38 bits per heavy atom. The molecule has 0 bridgehead atoms. The second kappa shape index (κ2) is 15.9. The van der Waals surface area contributed by atoms with Crippen LogP contribution in [0.25, 0.3) is 0 Å². The van der Waals surface area contributed by atoms with Crippen molar-refractivity contribution in [3.05, 3.63) is 33.3 Å². The summed E-state index contributed by atoms with van der Waals surface area (Å²) in [5, 5.41) is 3.97. The van der Waals surface area contributed by atoms with E-state index in [0.29, 0.717) is 15.1 Å². The van der Waals surface area contributed by atoms with Crippen LogP contribution in [0.15, 0.2) is 18.2 Å². The van der Waals surface area contributed by atoms with Gasteiger partial charge in [-0.2, -0.15) is 0 Å². The van der Waals surface area contributed by atoms with Crippen LogP contribution in [0.2, 0.25) is 15.1 Å². The molecular formula is C16H23Br2Cl3. The molecule has 0 amide bonds. The maximum absolute atomic E-state index is 5.60. The van der Waals surface area contributed by atoms with Crippen LogP contribution < -0.4 is 0 Å². The number of hydrogen-bond donors (Lipinski definition) is 0. The molecule has 0 radical (unpaired) electrons. The summed E-state index contributed by atoms with van der Waals surface area (Å²) < 4.78 is 0. The monoisotopic (exact) mass is 478 g/mol. The lowest BCUT2D eigenvalue weighted by atomic mass is 10.1. The maximum atomic E-state index is 5.60. The fourth-order valence-corrected chi connectivity index (χ4v) is 3.04. The molecule has 0 unspecified atom stereocenters. The van der Waals surface area contributed by atoms with Gasteiger partial charge in [0.05, 0.1) is 10.0 Å². The third-order valence-corrected chi connectivity index (χ3v) is 4.99. The fourth-order valence-electron chi connectivity index (χ4n) is 1.72. The normalized spacial score (nSPS) is 10.1. The van der Waals surface area contributed by atoms with E-state index in [1.54, 1.807) is 18.2 Å². The van der Waals surface area contributed by atoms with Gasteiger partial charge in [-0.15, -0.1) is 0 Å². The van der Waals surface area contributed by atoms with E-state index in [0.717, 1.165) is 0 Å². The predicted octanol–water partition coefficient (Wildman–Crippen LogP) is 8.54. The van der Waals surface area contributed by atoms with Gasteiger partial charge in [0.1, 0.15) is 0 Å². The Morgan fingerprint density at radius 1 is 0.619 bits per heavy atom. The Kier molecular flexibility index (Phi) is 16.7. The van der Waals surface area contributed by atoms with Crippen LogP contribution in [0.3, 0.4) is 0 Å². The molecule has 0 aliphatic heterocycles. The summed E-state index contributed by atoms with van der Waals surface area (Å²) in [5.74, 6) is 0. The van der Waals surface area contributed by atoms with Crippen molar-refractivity contribution in [2.24, 2.45) is 0 Å². The van der Waals surface area contributed by atoms with Gasteiger partial charge in [0, 0.05) is 15.7 Å². The molecule has 0 aromatic heterocycles. The molecule has 5 heteroatoms. The zero-order chi connectivity index (χ0) is 15.9. The highest BCUT2D eigenvalue weighted by molar-refractivity contribution is 9.09. The lowest BCUT2D eigenvalue weighted by molar-refractivity contribution is 0.588. The summed E-state index contributed by atoms with van der Waals surface area (Å²) in [7, 11) is 0. The Bertz CT molecular complexity index is 349. The first kappa shape index (κ1) is 22.1. The molecule has 0 atom stereocenters. The van der Waals surface area contributed by atoms with Crippen LogP contribution in [0, 0.1) is 0 Å². The number of rotatable bonds is 9. The largest absolute Gasteiger partial charge is 0.0928 e. The average Bonchev–Trinajstić information content (AvgIpc) is 2.47. The highest BCUT2D eigenvalue weighted by atomic mass is 79.9. The number of halogens is 5. The summed E-state index contributed by atoms with van der Waals surface area (Å²) in [6, 6.07) is 4.95. The van der Waals surface area contributed by atoms with E-state index in [4.69, 9.17) is 34.8 Å². The highest BCUT2D eigenvalue weighted by Crippen LogP contribution is 2.24. The van der Waals surface area contributed by atoms with Crippen molar-refractivity contribution < 1.29 is 0 Å². The average molecular weight is 482 g/mol. The van der Waals surface area contributed by atoms with E-state index in [9.17, 15) is 0 Å². The third kappa shape index (κ3) is 14.4. The van der Waals surface area contributed by atoms with Gasteiger partial charge in [-0.1, -0.05) is 105 Å². The van der Waals surface area contributed by atoms with Crippen molar-refractivity contribution in [2.45, 2.75) is 51.4 Å². The van der Waals surface area contributed by atoms with Gasteiger partial charge in [-0.3, -0.25) is 0 Å². The summed E-state index contributed by atoms with van der Waals surface area (Å²) in [6.07, 6.45) is 11.3. The molecule has 1 aromatic carbocycles. The number of hydrogen-bond acceptors (Lipinski definition) is 0. The van der Waals surface area contributed by atoms with Crippen molar-refractivity contribution in [1.29, 1.82) is 0 Å². The molecule has 0 heterocycles. The van der Waals surface area contributed by atoms with Gasteiger partial charge < -0.3 is 0 Å². The van der Waals surface area contributed by atoms with Crippen molar-refractivity contribution >= 4 is 66.7 Å². The molecular weight excluding hydrogens is 458 g/mol. The summed E-state index contributed by atoms with van der Waals surface area (Å²) >= 11 is 23.7. The molecule has 0 nitrogen and oxygen atoms in total. The Morgan fingerprint density at radius 2 is 1.05 bits per heavy atom. The molecule has 0 saturated carbocycles. The fraction of sp³-hybridized carbons (Fsp3) is 0.625. The minimum absolute atomic E-state index is 0.490. The quantitative estimate of drug-likeness (QED) is 0.188. The van der Waals surface area contributed by atoms with E-state index < -0.39 is 0 Å². The van der Waals surface area contributed by atoms with Crippen LogP contribution in [0.5, 0.6) is 0 Å². The zero-order valence-electron chi connectivity index (χ0n) is 12.2. The first-order valence-electron chi connectivity index (χ1n) is 7.34. The first-order chi connectivity index (χ1) is 10.1. The van der Waals surface area contributed by atoms with E-state index in [-0.39, 0.29) is 0 Å². The van der Waals surface area contributed by atoms with Crippen LogP contribution in [-0.4, -0.2) is 10.7 Å². The van der Waals surface area contributed by atoms with Gasteiger partial charge >= 0.3 is 0 Å². The second-order valence-electron chi connectivity index (χ2n) is 4.76. The van der Waals surface area contributed by atoms with Crippen molar-refractivity contribution in [3.8, 4) is 0 Å². The van der Waals surface area contributed by atoms with Crippen molar-refractivity contribution in [1.82, 2.24) is 0 Å². The van der Waals surface area contributed by atoms with Crippen LogP contribution in [0.4, 0.5) is 0 Å². The third-order valence-electron chi connectivity index (χ3n) is 2.90. The zero-order valence-corrected chi connectivity index (χ0v) is 17.6. The van der Waals surface area contributed by atoms with Crippen molar-refractivity contribution in [2.75, 3.05) is 10.7 Å². The van der Waals surface area contributed by atoms with Gasteiger partial charge in [0.15, 0.2) is 0 Å². The molecule has 1 rings (SSSR count). The number of unbranched alkanes of at least 4 members (excludes halogenated alkanes) is 7. The van der Waals surface area contributed by atoms with E-state index in [2.05, 4.69) is 31.9 Å². The van der Waals surface area contributed by atoms with Crippen LogP contribution >= 0.6 is 66.7 Å². The number of benzene rings is 1. The molecule has 0 aliphatic rings. The van der Waals surface area contributed by atoms with Crippen LogP contribution in [0.1, 0.15) is 51.4 Å². The van der Waals surface area contributed by atoms with E-state index in [1.165, 1.54) is 62.0 Å². The van der Waals surface area contributed by atoms with Gasteiger partial charge in [-0.25, -0.2) is 0 Å². The molecule has 0 saturated heterocycles. The first-order valence-corrected chi connectivity index (χ1v) is 10.7. The predicted molar refractivity (Wildman–Crippen MR) is 106 cm³/mol. The van der Waals surface area contributed by atoms with Gasteiger partial charge in [0.25, 0.3) is 0 Å². The molecule has 0 N–H and O–H groups in total. The second-order valence-corrected chi connectivity index (χ2v) is 7.60. The summed E-state index contributed by atoms with van der Waals surface area (Å²) in [6.45, 7) is 0. The van der Waals surface area contributed by atoms with Gasteiger partial charge in [-0.05, 0) is 31.0 Å². The van der Waals surface area contributed by atoms with Crippen molar-refractivity contribution in [3.63, 3.8) is 0 Å². The lowest BCUT2D eigenvalue weighted by Gasteiger charge is -1.99. The molecule has 0 aliphatic carbocycles. The number of alkyl halides is 2. The topological polar surface area (TPSA) is 0 Å². The molecule has 1 aromatic rings. The summed E-state index contributed by atoms with van der Waals surface area (Å²) in [5.41, 5.74) is 0. The Labute approximate surface area is 161 Å².